The maximum absolute atomic E-state index is 5.57. The summed E-state index contributed by atoms with van der Waals surface area (Å²) in [6.45, 7) is 8.69. The average Bonchev–Trinajstić information content (AvgIpc) is 3.67. The summed E-state index contributed by atoms with van der Waals surface area (Å²) in [5.41, 5.74) is 6.28. The summed E-state index contributed by atoms with van der Waals surface area (Å²) in [7, 11) is 3.32. The summed E-state index contributed by atoms with van der Waals surface area (Å²) in [5, 5.41) is 11.1. The van der Waals surface area contributed by atoms with Crippen molar-refractivity contribution < 1.29 is 9.47 Å². The molecule has 10 nitrogen and oxygen atoms in total. The van der Waals surface area contributed by atoms with E-state index >= 15 is 0 Å². The number of nitrogens with one attached hydrogen (secondary N) is 1. The Hall–Kier alpha value is -4.06. The fourth-order valence-electron chi connectivity index (χ4n) is 5.03. The van der Waals surface area contributed by atoms with Crippen molar-refractivity contribution in [3.05, 3.63) is 71.1 Å². The number of hydrogen-bond donors (Lipinski definition) is 1. The first-order valence-corrected chi connectivity index (χ1v) is 14.6. The van der Waals surface area contributed by atoms with Gasteiger partial charge in [0.2, 0.25) is 0 Å². The van der Waals surface area contributed by atoms with E-state index in [2.05, 4.69) is 43.9 Å². The fourth-order valence-corrected chi connectivity index (χ4v) is 5.63. The molecule has 212 valence electrons. The maximum Gasteiger partial charge on any atom is 0.124 e. The molecular weight excluding hydrogens is 536 g/mol. The van der Waals surface area contributed by atoms with Crippen molar-refractivity contribution >= 4 is 33.7 Å². The number of piperazine rings is 1. The van der Waals surface area contributed by atoms with Crippen LogP contribution < -0.4 is 19.7 Å². The van der Waals surface area contributed by atoms with Crippen LogP contribution in [0.3, 0.4) is 0 Å². The highest BCUT2D eigenvalue weighted by Gasteiger charge is 2.17. The van der Waals surface area contributed by atoms with Gasteiger partial charge in [-0.2, -0.15) is 5.10 Å². The molecule has 0 amide bonds. The number of aromatic nitrogens is 5. The van der Waals surface area contributed by atoms with Gasteiger partial charge < -0.3 is 19.7 Å². The lowest BCUT2D eigenvalue weighted by atomic mass is 10.2. The highest BCUT2D eigenvalue weighted by atomic mass is 32.1. The molecule has 0 saturated carbocycles. The molecule has 0 atom stereocenters. The number of methoxy groups -OCH3 is 2. The SMILES string of the molecule is COc1cc(OC)cc(N(Cc2csc(C)n2)c2ccc3ncc(-c4cnn(CCN5CCNCC5)c4)nc3c2)c1. The number of benzene rings is 2. The van der Waals surface area contributed by atoms with E-state index in [1.165, 1.54) is 0 Å². The summed E-state index contributed by atoms with van der Waals surface area (Å²) in [6, 6.07) is 12.0. The highest BCUT2D eigenvalue weighted by molar-refractivity contribution is 7.09. The van der Waals surface area contributed by atoms with Gasteiger partial charge in [-0.3, -0.25) is 14.6 Å². The Balaban J connectivity index is 1.31. The molecule has 41 heavy (non-hydrogen) atoms. The van der Waals surface area contributed by atoms with Gasteiger partial charge in [-0.15, -0.1) is 11.3 Å². The molecular formula is C30H34N8O2S. The Labute approximate surface area is 243 Å². The lowest BCUT2D eigenvalue weighted by Crippen LogP contribution is -2.44. The number of hydrogen-bond acceptors (Lipinski definition) is 10. The van der Waals surface area contributed by atoms with Gasteiger partial charge in [0, 0.05) is 79.4 Å². The van der Waals surface area contributed by atoms with Crippen LogP contribution in [0.5, 0.6) is 11.5 Å². The smallest absolute Gasteiger partial charge is 0.124 e. The zero-order valence-corrected chi connectivity index (χ0v) is 24.4. The van der Waals surface area contributed by atoms with Gasteiger partial charge in [0.15, 0.2) is 0 Å². The Morgan fingerprint density at radius 3 is 2.46 bits per heavy atom. The number of rotatable bonds is 10. The van der Waals surface area contributed by atoms with Crippen LogP contribution in [-0.4, -0.2) is 76.6 Å². The monoisotopic (exact) mass is 570 g/mol. The zero-order valence-electron chi connectivity index (χ0n) is 23.6. The van der Waals surface area contributed by atoms with Crippen LogP contribution in [-0.2, 0) is 13.1 Å². The van der Waals surface area contributed by atoms with Crippen LogP contribution in [0, 0.1) is 6.92 Å². The molecule has 4 heterocycles. The first kappa shape index (κ1) is 27.1. The normalized spacial score (nSPS) is 13.9. The van der Waals surface area contributed by atoms with E-state index in [0.717, 1.165) is 95.1 Å². The molecule has 3 aromatic heterocycles. The predicted molar refractivity (Wildman–Crippen MR) is 162 cm³/mol. The van der Waals surface area contributed by atoms with Crippen molar-refractivity contribution in [3.63, 3.8) is 0 Å². The van der Waals surface area contributed by atoms with Crippen LogP contribution in [0.2, 0.25) is 0 Å². The van der Waals surface area contributed by atoms with E-state index in [-0.39, 0.29) is 0 Å². The molecule has 0 bridgehead atoms. The molecule has 0 spiro atoms. The molecule has 1 saturated heterocycles. The van der Waals surface area contributed by atoms with Gasteiger partial charge >= 0.3 is 0 Å². The Bertz CT molecular complexity index is 1610. The molecule has 1 fully saturated rings. The van der Waals surface area contributed by atoms with E-state index in [1.807, 2.05) is 48.3 Å². The summed E-state index contributed by atoms with van der Waals surface area (Å²) in [5.74, 6) is 1.44. The second-order valence-corrected chi connectivity index (χ2v) is 11.1. The topological polar surface area (TPSA) is 93.5 Å². The molecule has 2 aromatic carbocycles. The summed E-state index contributed by atoms with van der Waals surface area (Å²) in [6.07, 6.45) is 5.75. The van der Waals surface area contributed by atoms with Crippen molar-refractivity contribution in [2.24, 2.45) is 0 Å². The minimum atomic E-state index is 0.582. The molecule has 1 N–H and O–H groups in total. The Morgan fingerprint density at radius 1 is 0.927 bits per heavy atom. The fraction of sp³-hybridized carbons (Fsp3) is 0.333. The van der Waals surface area contributed by atoms with E-state index in [9.17, 15) is 0 Å². The third-order valence-electron chi connectivity index (χ3n) is 7.26. The van der Waals surface area contributed by atoms with Gasteiger partial charge in [0.05, 0.1) is 67.1 Å². The predicted octanol–water partition coefficient (Wildman–Crippen LogP) is 4.52. The molecule has 6 rings (SSSR count). The number of aryl methyl sites for hydroxylation is 1. The molecule has 1 aliphatic rings. The number of fused-ring (bicyclic) bond motifs is 1. The molecule has 11 heteroatoms. The van der Waals surface area contributed by atoms with E-state index in [1.54, 1.807) is 25.6 Å². The van der Waals surface area contributed by atoms with Gasteiger partial charge in [0.25, 0.3) is 0 Å². The van der Waals surface area contributed by atoms with Gasteiger partial charge in [-0.05, 0) is 25.1 Å². The van der Waals surface area contributed by atoms with Crippen molar-refractivity contribution in [1.82, 2.24) is 34.9 Å². The van der Waals surface area contributed by atoms with Crippen molar-refractivity contribution in [2.75, 3.05) is 51.8 Å². The van der Waals surface area contributed by atoms with Gasteiger partial charge in [-0.25, -0.2) is 9.97 Å². The van der Waals surface area contributed by atoms with Crippen molar-refractivity contribution in [1.29, 1.82) is 0 Å². The minimum Gasteiger partial charge on any atom is -0.497 e. The van der Waals surface area contributed by atoms with E-state index < -0.39 is 0 Å². The lowest BCUT2D eigenvalue weighted by Gasteiger charge is -2.26. The second kappa shape index (κ2) is 12.2. The number of anilines is 2. The molecule has 0 aliphatic carbocycles. The van der Waals surface area contributed by atoms with Crippen molar-refractivity contribution in [2.45, 2.75) is 20.0 Å². The molecule has 0 unspecified atom stereocenters. The average molecular weight is 571 g/mol. The number of thiazole rings is 1. The van der Waals surface area contributed by atoms with Crippen LogP contribution in [0.1, 0.15) is 10.7 Å². The quantitative estimate of drug-likeness (QED) is 0.260. The first-order valence-electron chi connectivity index (χ1n) is 13.7. The van der Waals surface area contributed by atoms with Crippen LogP contribution >= 0.6 is 11.3 Å². The Morgan fingerprint density at radius 2 is 1.73 bits per heavy atom. The third-order valence-corrected chi connectivity index (χ3v) is 8.08. The third kappa shape index (κ3) is 6.32. The molecule has 0 radical (unpaired) electrons. The largest absolute Gasteiger partial charge is 0.497 e. The lowest BCUT2D eigenvalue weighted by molar-refractivity contribution is 0.229. The van der Waals surface area contributed by atoms with Crippen LogP contribution in [0.4, 0.5) is 11.4 Å². The zero-order chi connectivity index (χ0) is 28.2. The minimum absolute atomic E-state index is 0.582. The maximum atomic E-state index is 5.57. The van der Waals surface area contributed by atoms with Crippen LogP contribution in [0.25, 0.3) is 22.3 Å². The van der Waals surface area contributed by atoms with E-state index in [0.29, 0.717) is 6.54 Å². The second-order valence-electron chi connectivity index (χ2n) is 10.0. The standard InChI is InChI=1S/C30H34N8O2S/c1-21-34-23(20-41-21)19-38(25-12-26(39-2)15-27(13-25)40-3)24-4-5-28-29(14-24)35-30(17-32-28)22-16-33-37(18-22)11-10-36-8-6-31-7-9-36/h4-5,12-18,20,31H,6-11,19H2,1-3H3. The van der Waals surface area contributed by atoms with Crippen molar-refractivity contribution in [3.8, 4) is 22.8 Å². The molecule has 5 aromatic rings. The van der Waals surface area contributed by atoms with Gasteiger partial charge in [-0.1, -0.05) is 0 Å². The first-order chi connectivity index (χ1) is 20.1. The van der Waals surface area contributed by atoms with Gasteiger partial charge in [0.1, 0.15) is 11.5 Å². The highest BCUT2D eigenvalue weighted by Crippen LogP contribution is 2.35. The summed E-state index contributed by atoms with van der Waals surface area (Å²) < 4.78 is 13.1. The summed E-state index contributed by atoms with van der Waals surface area (Å²) in [4.78, 5) is 19.1. The number of ether oxygens (including phenoxy) is 2. The molecule has 1 aliphatic heterocycles. The van der Waals surface area contributed by atoms with Crippen LogP contribution in [0.15, 0.2) is 60.4 Å². The summed E-state index contributed by atoms with van der Waals surface area (Å²) >= 11 is 1.64. The Kier molecular flexibility index (Phi) is 8.08. The van der Waals surface area contributed by atoms with E-state index in [4.69, 9.17) is 24.4 Å². The number of nitrogens with zero attached hydrogens (tertiary/aromatic N) is 7.